The average molecular weight is 340 g/mol. The van der Waals surface area contributed by atoms with Crippen LogP contribution in [0.3, 0.4) is 0 Å². The Bertz CT molecular complexity index is 559. The van der Waals surface area contributed by atoms with Crippen LogP contribution in [0.5, 0.6) is 0 Å². The SMILES string of the molecule is CC(C[NH2+]C(C)C(O)c1ccccc1)C(=O)c1cccs1.[Cl-]. The van der Waals surface area contributed by atoms with Crippen molar-refractivity contribution in [1.82, 2.24) is 0 Å². The van der Waals surface area contributed by atoms with Gasteiger partial charge in [0, 0.05) is 0 Å². The molecule has 0 fully saturated rings. The Morgan fingerprint density at radius 2 is 1.86 bits per heavy atom. The smallest absolute Gasteiger partial charge is 0.181 e. The molecule has 0 aliphatic heterocycles. The van der Waals surface area contributed by atoms with E-state index in [0.717, 1.165) is 10.4 Å². The first-order chi connectivity index (χ1) is 10.1. The first kappa shape index (κ1) is 18.8. The van der Waals surface area contributed by atoms with E-state index in [-0.39, 0.29) is 30.2 Å². The van der Waals surface area contributed by atoms with E-state index >= 15 is 0 Å². The molecule has 2 rings (SSSR count). The van der Waals surface area contributed by atoms with Crippen LogP contribution in [0.4, 0.5) is 0 Å². The number of benzene rings is 1. The summed E-state index contributed by atoms with van der Waals surface area (Å²) in [5.41, 5.74) is 0.915. The van der Waals surface area contributed by atoms with Gasteiger partial charge in [-0.1, -0.05) is 36.4 Å². The van der Waals surface area contributed by atoms with Gasteiger partial charge in [-0.15, -0.1) is 11.3 Å². The standard InChI is InChI=1S/C17H21NO2S.ClH/c1-12(16(19)15-9-6-10-21-15)11-18-13(2)17(20)14-7-4-3-5-8-14;/h3-10,12-13,17-18,20H,11H2,1-2H3;1H. The van der Waals surface area contributed by atoms with Gasteiger partial charge in [-0.3, -0.25) is 4.79 Å². The van der Waals surface area contributed by atoms with Gasteiger partial charge in [-0.05, 0) is 30.9 Å². The van der Waals surface area contributed by atoms with E-state index in [4.69, 9.17) is 0 Å². The third-order valence-corrected chi connectivity index (χ3v) is 4.60. The number of carbonyl (C=O) groups is 1. The zero-order chi connectivity index (χ0) is 15.2. The van der Waals surface area contributed by atoms with Crippen LogP contribution < -0.4 is 17.7 Å². The summed E-state index contributed by atoms with van der Waals surface area (Å²) in [6.45, 7) is 4.61. The Hall–Kier alpha value is -1.20. The fourth-order valence-electron chi connectivity index (χ4n) is 2.27. The van der Waals surface area contributed by atoms with Gasteiger partial charge in [0.1, 0.15) is 12.1 Å². The summed E-state index contributed by atoms with van der Waals surface area (Å²) in [6.07, 6.45) is -0.518. The quantitative estimate of drug-likeness (QED) is 0.653. The van der Waals surface area contributed by atoms with Crippen molar-refractivity contribution in [3.8, 4) is 0 Å². The van der Waals surface area contributed by atoms with Gasteiger partial charge in [0.2, 0.25) is 0 Å². The van der Waals surface area contributed by atoms with Crippen molar-refractivity contribution in [3.05, 3.63) is 58.3 Å². The number of thiophene rings is 1. The molecule has 0 bridgehead atoms. The molecule has 2 aromatic rings. The average Bonchev–Trinajstić information content (AvgIpc) is 3.06. The van der Waals surface area contributed by atoms with Gasteiger partial charge in [0.25, 0.3) is 0 Å². The van der Waals surface area contributed by atoms with Crippen LogP contribution in [0.2, 0.25) is 0 Å². The molecule has 3 unspecified atom stereocenters. The molecule has 0 aliphatic rings. The van der Waals surface area contributed by atoms with Crippen molar-refractivity contribution in [2.24, 2.45) is 5.92 Å². The number of ketones is 1. The highest BCUT2D eigenvalue weighted by atomic mass is 35.5. The Morgan fingerprint density at radius 1 is 1.18 bits per heavy atom. The van der Waals surface area contributed by atoms with Crippen LogP contribution in [0.25, 0.3) is 0 Å². The molecule has 22 heavy (non-hydrogen) atoms. The van der Waals surface area contributed by atoms with E-state index in [2.05, 4.69) is 0 Å². The minimum absolute atomic E-state index is 0. The molecule has 3 atom stereocenters. The Balaban J connectivity index is 0.00000242. The second kappa shape index (κ2) is 9.06. The van der Waals surface area contributed by atoms with E-state index in [0.29, 0.717) is 6.54 Å². The number of nitrogens with two attached hydrogens (primary N) is 1. The number of hydrogen-bond acceptors (Lipinski definition) is 3. The highest BCUT2D eigenvalue weighted by Crippen LogP contribution is 2.15. The van der Waals surface area contributed by atoms with Crippen LogP contribution in [0, 0.1) is 5.92 Å². The fourth-order valence-corrected chi connectivity index (χ4v) is 3.05. The maximum atomic E-state index is 12.2. The van der Waals surface area contributed by atoms with Gasteiger partial charge in [-0.25, -0.2) is 0 Å². The van der Waals surface area contributed by atoms with Crippen molar-refractivity contribution < 1.29 is 27.6 Å². The van der Waals surface area contributed by atoms with E-state index in [1.807, 2.05) is 67.0 Å². The van der Waals surface area contributed by atoms with Crippen molar-refractivity contribution in [3.63, 3.8) is 0 Å². The van der Waals surface area contributed by atoms with Gasteiger partial charge < -0.3 is 22.8 Å². The Labute approximate surface area is 141 Å². The van der Waals surface area contributed by atoms with Crippen LogP contribution in [-0.2, 0) is 0 Å². The molecule has 120 valence electrons. The molecule has 0 aliphatic carbocycles. The van der Waals surface area contributed by atoms with Crippen molar-refractivity contribution in [1.29, 1.82) is 0 Å². The largest absolute Gasteiger partial charge is 1.00 e. The number of Topliss-reactive ketones (excluding diaryl/α,β-unsaturated/α-hetero) is 1. The summed E-state index contributed by atoms with van der Waals surface area (Å²) < 4.78 is 0. The van der Waals surface area contributed by atoms with Crippen molar-refractivity contribution in [2.75, 3.05) is 6.54 Å². The molecule has 3 nitrogen and oxygen atoms in total. The number of hydrogen-bond donors (Lipinski definition) is 2. The predicted molar refractivity (Wildman–Crippen MR) is 85.5 cm³/mol. The molecule has 5 heteroatoms. The highest BCUT2D eigenvalue weighted by Gasteiger charge is 2.23. The van der Waals surface area contributed by atoms with Crippen LogP contribution in [0.15, 0.2) is 47.8 Å². The van der Waals surface area contributed by atoms with E-state index in [1.54, 1.807) is 0 Å². The first-order valence-electron chi connectivity index (χ1n) is 7.23. The molecule has 3 N–H and O–H groups in total. The van der Waals surface area contributed by atoms with Crippen molar-refractivity contribution >= 4 is 17.1 Å². The lowest BCUT2D eigenvalue weighted by atomic mass is 10.0. The number of carbonyl (C=O) groups excluding carboxylic acids is 1. The summed E-state index contributed by atoms with van der Waals surface area (Å²) in [4.78, 5) is 13.0. The normalized spacial score (nSPS) is 14.7. The Morgan fingerprint density at radius 3 is 2.45 bits per heavy atom. The molecule has 0 saturated heterocycles. The molecular formula is C17H22ClNO2S. The van der Waals surface area contributed by atoms with Gasteiger partial charge in [0.15, 0.2) is 5.78 Å². The van der Waals surface area contributed by atoms with E-state index in [9.17, 15) is 9.90 Å². The molecule has 0 spiro atoms. The first-order valence-corrected chi connectivity index (χ1v) is 8.11. The molecule has 0 amide bonds. The number of aliphatic hydroxyl groups excluding tert-OH is 1. The maximum absolute atomic E-state index is 12.2. The van der Waals surface area contributed by atoms with Crippen LogP contribution in [0.1, 0.15) is 35.2 Å². The zero-order valence-electron chi connectivity index (χ0n) is 12.8. The lowest BCUT2D eigenvalue weighted by Gasteiger charge is -2.19. The Kier molecular flexibility index (Phi) is 7.76. The summed E-state index contributed by atoms with van der Waals surface area (Å²) in [5, 5.41) is 14.3. The third-order valence-electron chi connectivity index (χ3n) is 3.71. The predicted octanol–water partition coefficient (Wildman–Crippen LogP) is -0.744. The van der Waals surface area contributed by atoms with Crippen molar-refractivity contribution in [2.45, 2.75) is 26.0 Å². The van der Waals surface area contributed by atoms with E-state index in [1.165, 1.54) is 11.3 Å². The number of aliphatic hydroxyl groups is 1. The monoisotopic (exact) mass is 339 g/mol. The number of rotatable bonds is 7. The topological polar surface area (TPSA) is 53.9 Å². The minimum Gasteiger partial charge on any atom is -1.00 e. The summed E-state index contributed by atoms with van der Waals surface area (Å²) >= 11 is 1.48. The lowest BCUT2D eigenvalue weighted by Crippen LogP contribution is -3.00. The highest BCUT2D eigenvalue weighted by molar-refractivity contribution is 7.12. The molecule has 1 heterocycles. The van der Waals surface area contributed by atoms with Crippen LogP contribution >= 0.6 is 11.3 Å². The second-order valence-corrected chi connectivity index (χ2v) is 6.38. The van der Waals surface area contributed by atoms with Gasteiger partial charge >= 0.3 is 0 Å². The number of quaternary nitrogens is 1. The minimum atomic E-state index is -0.518. The molecule has 1 aromatic carbocycles. The van der Waals surface area contributed by atoms with Crippen LogP contribution in [-0.4, -0.2) is 23.5 Å². The molecular weight excluding hydrogens is 318 g/mol. The third kappa shape index (κ3) is 4.92. The zero-order valence-corrected chi connectivity index (χ0v) is 14.3. The summed E-state index contributed by atoms with van der Waals surface area (Å²) in [6, 6.07) is 13.4. The summed E-state index contributed by atoms with van der Waals surface area (Å²) in [5.74, 6) is 0.136. The molecule has 1 aromatic heterocycles. The van der Waals surface area contributed by atoms with Gasteiger partial charge in [0.05, 0.1) is 17.3 Å². The lowest BCUT2D eigenvalue weighted by molar-refractivity contribution is -0.697. The van der Waals surface area contributed by atoms with E-state index < -0.39 is 6.10 Å². The summed E-state index contributed by atoms with van der Waals surface area (Å²) in [7, 11) is 0. The maximum Gasteiger partial charge on any atom is 0.181 e. The fraction of sp³-hybridized carbons (Fsp3) is 0.353. The van der Waals surface area contributed by atoms with Gasteiger partial charge in [-0.2, -0.15) is 0 Å². The molecule has 0 saturated carbocycles. The second-order valence-electron chi connectivity index (χ2n) is 5.43. The number of halogens is 1. The molecule has 0 radical (unpaired) electrons.